The highest BCUT2D eigenvalue weighted by molar-refractivity contribution is 5.87. The van der Waals surface area contributed by atoms with Crippen LogP contribution in [-0.4, -0.2) is 28.9 Å². The van der Waals surface area contributed by atoms with Gasteiger partial charge < -0.3 is 14.9 Å². The molecule has 0 saturated heterocycles. The summed E-state index contributed by atoms with van der Waals surface area (Å²) < 4.78 is 5.64. The van der Waals surface area contributed by atoms with E-state index in [0.717, 1.165) is 32.1 Å². The first-order valence-corrected chi connectivity index (χ1v) is 11.8. The maximum atomic E-state index is 10.9. The molecule has 0 aliphatic rings. The second-order valence-electron chi connectivity index (χ2n) is 8.16. The number of hydrogen-bond donors (Lipinski definition) is 2. The van der Waals surface area contributed by atoms with Crippen molar-refractivity contribution >= 4 is 5.97 Å². The van der Waals surface area contributed by atoms with Crippen molar-refractivity contribution < 1.29 is 19.7 Å². The van der Waals surface area contributed by atoms with Gasteiger partial charge in [0, 0.05) is 0 Å². The number of aliphatic hydroxyl groups excluding tert-OH is 1. The molecule has 2 N–H and O–H groups in total. The van der Waals surface area contributed by atoms with Crippen LogP contribution in [0.15, 0.2) is 24.3 Å². The molecule has 0 saturated carbocycles. The fourth-order valence-electron chi connectivity index (χ4n) is 3.58. The molecule has 0 aliphatic carbocycles. The number of aliphatic hydroxyl groups is 1. The van der Waals surface area contributed by atoms with Gasteiger partial charge in [0.15, 0.2) is 0 Å². The van der Waals surface area contributed by atoms with E-state index in [4.69, 9.17) is 9.84 Å². The molecule has 29 heavy (non-hydrogen) atoms. The molecule has 0 spiro atoms. The van der Waals surface area contributed by atoms with Gasteiger partial charge >= 0.3 is 5.97 Å². The van der Waals surface area contributed by atoms with Crippen molar-refractivity contribution in [2.24, 2.45) is 0 Å². The van der Waals surface area contributed by atoms with Crippen molar-refractivity contribution in [3.63, 3.8) is 0 Å². The third-order valence-electron chi connectivity index (χ3n) is 5.42. The lowest BCUT2D eigenvalue weighted by molar-refractivity contribution is 0.0696. The number of carbonyl (C=O) groups is 1. The molecule has 1 aromatic carbocycles. The van der Waals surface area contributed by atoms with Crippen LogP contribution < -0.4 is 4.74 Å². The molecule has 0 amide bonds. The number of benzene rings is 1. The van der Waals surface area contributed by atoms with E-state index in [1.807, 2.05) is 0 Å². The summed E-state index contributed by atoms with van der Waals surface area (Å²) in [5, 5.41) is 18.9. The quantitative estimate of drug-likeness (QED) is 0.243. The lowest BCUT2D eigenvalue weighted by atomic mass is 10.0. The molecule has 0 radical (unpaired) electrons. The van der Waals surface area contributed by atoms with Crippen LogP contribution in [0.25, 0.3) is 0 Å². The Labute approximate surface area is 177 Å². The second-order valence-corrected chi connectivity index (χ2v) is 8.16. The van der Waals surface area contributed by atoms with Gasteiger partial charge in [-0.15, -0.1) is 0 Å². The van der Waals surface area contributed by atoms with Gasteiger partial charge in [-0.2, -0.15) is 0 Å². The Hall–Kier alpha value is -1.55. The molecule has 4 nitrogen and oxygen atoms in total. The summed E-state index contributed by atoms with van der Waals surface area (Å²) in [5.74, 6) is -0.287. The zero-order chi connectivity index (χ0) is 21.2. The average Bonchev–Trinajstić information content (AvgIpc) is 2.72. The van der Waals surface area contributed by atoms with Crippen LogP contribution in [0.1, 0.15) is 114 Å². The van der Waals surface area contributed by atoms with Crippen molar-refractivity contribution in [1.82, 2.24) is 0 Å². The van der Waals surface area contributed by atoms with Gasteiger partial charge in [-0.05, 0) is 37.5 Å². The fraction of sp³-hybridized carbons (Fsp3) is 0.720. The minimum atomic E-state index is -0.922. The lowest BCUT2D eigenvalue weighted by Gasteiger charge is -2.10. The monoisotopic (exact) mass is 406 g/mol. The van der Waals surface area contributed by atoms with E-state index in [2.05, 4.69) is 6.92 Å². The van der Waals surface area contributed by atoms with Gasteiger partial charge in [0.2, 0.25) is 0 Å². The molecule has 0 heterocycles. The van der Waals surface area contributed by atoms with E-state index in [1.165, 1.54) is 64.2 Å². The number of carboxylic acids is 1. The maximum Gasteiger partial charge on any atom is 0.335 e. The summed E-state index contributed by atoms with van der Waals surface area (Å²) in [6, 6.07) is 6.67. The molecule has 0 aliphatic heterocycles. The lowest BCUT2D eigenvalue weighted by Crippen LogP contribution is -2.05. The predicted molar refractivity (Wildman–Crippen MR) is 120 cm³/mol. The summed E-state index contributed by atoms with van der Waals surface area (Å²) in [7, 11) is 0. The first-order chi connectivity index (χ1) is 14.1. The molecule has 0 aromatic heterocycles. The Bertz CT molecular complexity index is 529. The van der Waals surface area contributed by atoms with Crippen LogP contribution >= 0.6 is 0 Å². The fourth-order valence-corrected chi connectivity index (χ4v) is 3.58. The van der Waals surface area contributed by atoms with E-state index in [1.54, 1.807) is 24.3 Å². The normalized spacial score (nSPS) is 12.1. The molecular weight excluding hydrogens is 364 g/mol. The molecule has 166 valence electrons. The van der Waals surface area contributed by atoms with E-state index >= 15 is 0 Å². The molecule has 1 rings (SSSR count). The van der Waals surface area contributed by atoms with Crippen LogP contribution in [0.2, 0.25) is 0 Å². The number of carboxylic acid groups (broad SMARTS) is 1. The second kappa shape index (κ2) is 17.3. The molecule has 1 atom stereocenters. The molecule has 1 unspecified atom stereocenters. The minimum Gasteiger partial charge on any atom is -0.494 e. The van der Waals surface area contributed by atoms with Crippen molar-refractivity contribution in [3.05, 3.63) is 29.8 Å². The van der Waals surface area contributed by atoms with E-state index in [9.17, 15) is 9.90 Å². The number of hydrogen-bond acceptors (Lipinski definition) is 3. The Kier molecular flexibility index (Phi) is 15.2. The molecular formula is C25H42O4. The third kappa shape index (κ3) is 14.1. The zero-order valence-corrected chi connectivity index (χ0v) is 18.4. The van der Waals surface area contributed by atoms with Crippen molar-refractivity contribution in [1.29, 1.82) is 0 Å². The number of aromatic carboxylic acids is 1. The molecule has 0 bridgehead atoms. The average molecular weight is 407 g/mol. The van der Waals surface area contributed by atoms with Crippen LogP contribution in [0.4, 0.5) is 0 Å². The summed E-state index contributed by atoms with van der Waals surface area (Å²) in [6.45, 7) is 2.86. The van der Waals surface area contributed by atoms with E-state index in [0.29, 0.717) is 12.4 Å². The summed E-state index contributed by atoms with van der Waals surface area (Å²) >= 11 is 0. The Balaban J connectivity index is 1.85. The highest BCUT2D eigenvalue weighted by Crippen LogP contribution is 2.16. The van der Waals surface area contributed by atoms with Crippen LogP contribution in [0.3, 0.4) is 0 Å². The van der Waals surface area contributed by atoms with Gasteiger partial charge in [-0.1, -0.05) is 90.0 Å². The van der Waals surface area contributed by atoms with Crippen molar-refractivity contribution in [3.8, 4) is 5.75 Å². The Morgan fingerprint density at radius 2 is 1.41 bits per heavy atom. The molecule has 4 heteroatoms. The van der Waals surface area contributed by atoms with Gasteiger partial charge in [0.25, 0.3) is 0 Å². The predicted octanol–water partition coefficient (Wildman–Crippen LogP) is 7.00. The van der Waals surface area contributed by atoms with E-state index < -0.39 is 5.97 Å². The van der Waals surface area contributed by atoms with Crippen LogP contribution in [-0.2, 0) is 0 Å². The Morgan fingerprint density at radius 1 is 0.862 bits per heavy atom. The highest BCUT2D eigenvalue weighted by Gasteiger charge is 2.04. The van der Waals surface area contributed by atoms with Gasteiger partial charge in [0.05, 0.1) is 18.3 Å². The summed E-state index contributed by atoms with van der Waals surface area (Å²) in [4.78, 5) is 10.9. The SMILES string of the molecule is CCCCCCC(O)CCCCCCCCCCCOc1cccc(C(=O)O)c1. The minimum absolute atomic E-state index is 0.0827. The number of rotatable bonds is 19. The third-order valence-corrected chi connectivity index (χ3v) is 5.42. The van der Waals surface area contributed by atoms with Crippen molar-refractivity contribution in [2.45, 2.75) is 109 Å². The summed E-state index contributed by atoms with van der Waals surface area (Å²) in [5.41, 5.74) is 0.268. The van der Waals surface area contributed by atoms with E-state index in [-0.39, 0.29) is 11.7 Å². The van der Waals surface area contributed by atoms with Gasteiger partial charge in [-0.3, -0.25) is 0 Å². The first kappa shape index (κ1) is 25.5. The van der Waals surface area contributed by atoms with Gasteiger partial charge in [0.1, 0.15) is 5.75 Å². The topological polar surface area (TPSA) is 66.8 Å². The zero-order valence-electron chi connectivity index (χ0n) is 18.4. The summed E-state index contributed by atoms with van der Waals surface area (Å²) in [6.07, 6.45) is 17.8. The van der Waals surface area contributed by atoms with Gasteiger partial charge in [-0.25, -0.2) is 4.79 Å². The smallest absolute Gasteiger partial charge is 0.335 e. The Morgan fingerprint density at radius 3 is 2.00 bits per heavy atom. The maximum absolute atomic E-state index is 10.9. The largest absolute Gasteiger partial charge is 0.494 e. The number of unbranched alkanes of at least 4 members (excludes halogenated alkanes) is 11. The van der Waals surface area contributed by atoms with Crippen molar-refractivity contribution in [2.75, 3.05) is 6.61 Å². The molecule has 0 fully saturated rings. The first-order valence-electron chi connectivity index (χ1n) is 11.8. The highest BCUT2D eigenvalue weighted by atomic mass is 16.5. The van der Waals surface area contributed by atoms with Crippen LogP contribution in [0.5, 0.6) is 5.75 Å². The standard InChI is InChI=1S/C25H42O4/c1-2-3-4-12-17-23(26)18-13-10-8-6-5-7-9-11-14-20-29-24-19-15-16-22(21-24)25(27)28/h15-16,19,21,23,26H,2-14,17-18,20H2,1H3,(H,27,28). The number of ether oxygens (including phenoxy) is 1. The molecule has 1 aromatic rings. The van der Waals surface area contributed by atoms with Crippen LogP contribution in [0, 0.1) is 0 Å².